The molecule has 0 aliphatic carbocycles. The molecule has 1 aliphatic heterocycles. The van der Waals surface area contributed by atoms with Crippen molar-refractivity contribution in [3.05, 3.63) is 47.7 Å². The van der Waals surface area contributed by atoms with Crippen molar-refractivity contribution in [3.8, 4) is 28.9 Å². The smallest absolute Gasteiger partial charge is 0.422 e. The van der Waals surface area contributed by atoms with Crippen molar-refractivity contribution in [2.24, 2.45) is 5.92 Å². The molecule has 4 aromatic rings. The summed E-state index contributed by atoms with van der Waals surface area (Å²) in [6.45, 7) is 2.06. The van der Waals surface area contributed by atoms with Crippen molar-refractivity contribution in [2.75, 3.05) is 26.3 Å². The maximum Gasteiger partial charge on any atom is 0.422 e. The molecule has 0 spiro atoms. The van der Waals surface area contributed by atoms with Crippen molar-refractivity contribution in [1.29, 1.82) is 0 Å². The lowest BCUT2D eigenvalue weighted by molar-refractivity contribution is -0.153. The summed E-state index contributed by atoms with van der Waals surface area (Å²) in [6.07, 6.45) is 0.346. The molecule has 5 rings (SSSR count). The Balaban J connectivity index is 1.61. The summed E-state index contributed by atoms with van der Waals surface area (Å²) >= 11 is 0. The number of phenols is 1. The molecule has 12 heteroatoms. The van der Waals surface area contributed by atoms with Gasteiger partial charge in [0.15, 0.2) is 12.4 Å². The van der Waals surface area contributed by atoms with Gasteiger partial charge in [0, 0.05) is 11.8 Å². The average molecular weight is 577 g/mol. The van der Waals surface area contributed by atoms with E-state index in [-0.39, 0.29) is 52.9 Å². The van der Waals surface area contributed by atoms with Crippen LogP contribution < -0.4 is 14.8 Å². The first kappa shape index (κ1) is 28.7. The molecule has 0 amide bonds. The van der Waals surface area contributed by atoms with E-state index in [0.717, 1.165) is 45.0 Å². The molecule has 2 aromatic carbocycles. The Kier molecular flexibility index (Phi) is 8.39. The molecule has 0 unspecified atom stereocenters. The highest BCUT2D eigenvalue weighted by molar-refractivity contribution is 6.01. The summed E-state index contributed by atoms with van der Waals surface area (Å²) in [5.74, 6) is -2.04. The number of alkyl halides is 3. The van der Waals surface area contributed by atoms with Crippen LogP contribution in [0.1, 0.15) is 38.2 Å². The number of halogens is 5. The van der Waals surface area contributed by atoms with Crippen LogP contribution in [0.2, 0.25) is 0 Å². The number of pyridine rings is 1. The molecule has 218 valence electrons. The maximum atomic E-state index is 16.2. The molecule has 0 saturated carbocycles. The number of fused-ring (bicyclic) bond motifs is 2. The Morgan fingerprint density at radius 1 is 1.05 bits per heavy atom. The zero-order valence-electron chi connectivity index (χ0n) is 22.3. The number of benzene rings is 2. The highest BCUT2D eigenvalue weighted by atomic mass is 19.4. The van der Waals surface area contributed by atoms with Crippen LogP contribution in [0.25, 0.3) is 32.9 Å². The number of aromatic nitrogens is 3. The minimum atomic E-state index is -4.67. The predicted octanol–water partition coefficient (Wildman–Crippen LogP) is 6.49. The number of hydrogen-bond acceptors (Lipinski definition) is 7. The lowest BCUT2D eigenvalue weighted by Gasteiger charge is -2.20. The van der Waals surface area contributed by atoms with Crippen molar-refractivity contribution in [2.45, 2.75) is 45.2 Å². The van der Waals surface area contributed by atoms with E-state index in [1.807, 2.05) is 0 Å². The quantitative estimate of drug-likeness (QED) is 0.243. The van der Waals surface area contributed by atoms with Gasteiger partial charge in [-0.2, -0.15) is 23.1 Å². The minimum absolute atomic E-state index is 0.109. The fourth-order valence-electron chi connectivity index (χ4n) is 5.22. The van der Waals surface area contributed by atoms with Crippen molar-refractivity contribution in [1.82, 2.24) is 20.3 Å². The summed E-state index contributed by atoms with van der Waals surface area (Å²) in [4.78, 5) is 12.4. The molecule has 2 aromatic heterocycles. The van der Waals surface area contributed by atoms with E-state index in [4.69, 9.17) is 9.47 Å². The number of hydrogen-bond donors (Lipinski definition) is 2. The van der Waals surface area contributed by atoms with Crippen LogP contribution in [0.5, 0.6) is 17.6 Å². The van der Waals surface area contributed by atoms with Crippen molar-refractivity contribution >= 4 is 21.7 Å². The number of aryl methyl sites for hydroxylation is 1. The number of ether oxygens (including phenoxy) is 2. The van der Waals surface area contributed by atoms with Gasteiger partial charge in [-0.25, -0.2) is 8.78 Å². The normalized spacial score (nSPS) is 15.2. The molecule has 1 fully saturated rings. The molecule has 3 heterocycles. The van der Waals surface area contributed by atoms with Crippen molar-refractivity contribution in [3.63, 3.8) is 0 Å². The lowest BCUT2D eigenvalue weighted by Crippen LogP contribution is -2.24. The lowest BCUT2D eigenvalue weighted by atomic mass is 9.94. The third kappa shape index (κ3) is 6.42. The Hall–Kier alpha value is -3.80. The van der Waals surface area contributed by atoms with Crippen LogP contribution in [-0.2, 0) is 6.42 Å². The second kappa shape index (κ2) is 12.0. The number of nitrogens with zero attached hydrogens (tertiary/aromatic N) is 3. The number of nitrogens with one attached hydrogen (secondary N) is 1. The number of phenolic OH excluding ortho intramolecular Hbond substituents is 1. The third-order valence-electron chi connectivity index (χ3n) is 7.14. The van der Waals surface area contributed by atoms with Crippen LogP contribution >= 0.6 is 0 Å². The molecule has 2 N–H and O–H groups in total. The first-order valence-electron chi connectivity index (χ1n) is 13.5. The van der Waals surface area contributed by atoms with Crippen LogP contribution in [0, 0.1) is 17.6 Å². The molecule has 1 saturated heterocycles. The van der Waals surface area contributed by atoms with Gasteiger partial charge in [-0.15, -0.1) is 0 Å². The SMILES string of the molecule is CCc1c(F)ccc2cc(O)cc(-c3ncc4c(OCC(F)(F)F)nc(OCC5CCCNCCC5)nc4c3F)c12. The largest absolute Gasteiger partial charge is 0.508 e. The van der Waals surface area contributed by atoms with Crippen molar-refractivity contribution < 1.29 is 36.5 Å². The van der Waals surface area contributed by atoms with Gasteiger partial charge in [-0.3, -0.25) is 4.98 Å². The average Bonchev–Trinajstić information content (AvgIpc) is 2.91. The highest BCUT2D eigenvalue weighted by Gasteiger charge is 2.30. The van der Waals surface area contributed by atoms with Gasteiger partial charge in [-0.1, -0.05) is 13.0 Å². The topological polar surface area (TPSA) is 89.4 Å². The van der Waals surface area contributed by atoms with Gasteiger partial charge in [-0.05, 0) is 85.6 Å². The molecule has 0 radical (unpaired) electrons. The summed E-state index contributed by atoms with van der Waals surface area (Å²) < 4.78 is 80.7. The summed E-state index contributed by atoms with van der Waals surface area (Å²) in [6, 6.07) is 5.10. The predicted molar refractivity (Wildman–Crippen MR) is 143 cm³/mol. The number of rotatable bonds is 7. The summed E-state index contributed by atoms with van der Waals surface area (Å²) in [5, 5.41) is 14.3. The first-order valence-corrected chi connectivity index (χ1v) is 13.5. The Labute approximate surface area is 232 Å². The van der Waals surface area contributed by atoms with Crippen LogP contribution in [-0.4, -0.2) is 52.5 Å². The van der Waals surface area contributed by atoms with E-state index in [0.29, 0.717) is 16.3 Å². The number of aromatic hydroxyl groups is 1. The van der Waals surface area contributed by atoms with Gasteiger partial charge in [0.1, 0.15) is 22.8 Å². The van der Waals surface area contributed by atoms with E-state index in [1.165, 1.54) is 24.3 Å². The third-order valence-corrected chi connectivity index (χ3v) is 7.14. The Bertz CT molecular complexity index is 1560. The molecule has 41 heavy (non-hydrogen) atoms. The molecule has 0 atom stereocenters. The van der Waals surface area contributed by atoms with Crippen LogP contribution in [0.3, 0.4) is 0 Å². The second-order valence-corrected chi connectivity index (χ2v) is 10.1. The monoisotopic (exact) mass is 576 g/mol. The molecule has 0 bridgehead atoms. The first-order chi connectivity index (χ1) is 19.6. The highest BCUT2D eigenvalue weighted by Crippen LogP contribution is 2.39. The van der Waals surface area contributed by atoms with E-state index in [1.54, 1.807) is 6.92 Å². The van der Waals surface area contributed by atoms with Gasteiger partial charge < -0.3 is 19.9 Å². The standard InChI is InChI=1S/C29H29F5N4O3/c1-2-19-22(30)8-7-17-11-18(39)12-20(23(17)19)25-24(31)26-21(13-36-25)27(41-15-29(32,33)34)38-28(37-26)40-14-16-5-3-9-35-10-4-6-16/h7-8,11-13,16,35,39H,2-6,9-10,14-15H2,1H3. The van der Waals surface area contributed by atoms with E-state index in [2.05, 4.69) is 20.3 Å². The van der Waals surface area contributed by atoms with Gasteiger partial charge in [0.2, 0.25) is 5.88 Å². The Morgan fingerprint density at radius 2 is 1.80 bits per heavy atom. The van der Waals surface area contributed by atoms with E-state index in [9.17, 15) is 22.7 Å². The molecule has 7 nitrogen and oxygen atoms in total. The maximum absolute atomic E-state index is 16.2. The second-order valence-electron chi connectivity index (χ2n) is 10.1. The summed E-state index contributed by atoms with van der Waals surface area (Å²) in [5.41, 5.74) is -0.227. The zero-order valence-corrected chi connectivity index (χ0v) is 22.3. The fraction of sp³-hybridized carbons (Fsp3) is 0.414. The fourth-order valence-corrected chi connectivity index (χ4v) is 5.22. The molecular weight excluding hydrogens is 547 g/mol. The molecular formula is C29H29F5N4O3. The zero-order chi connectivity index (χ0) is 29.1. The Morgan fingerprint density at radius 3 is 2.51 bits per heavy atom. The van der Waals surface area contributed by atoms with Gasteiger partial charge >= 0.3 is 12.2 Å². The van der Waals surface area contributed by atoms with E-state index >= 15 is 4.39 Å². The van der Waals surface area contributed by atoms with E-state index < -0.39 is 30.3 Å². The van der Waals surface area contributed by atoms with Crippen LogP contribution in [0.4, 0.5) is 22.0 Å². The summed E-state index contributed by atoms with van der Waals surface area (Å²) in [7, 11) is 0. The van der Waals surface area contributed by atoms with Gasteiger partial charge in [0.25, 0.3) is 0 Å². The van der Waals surface area contributed by atoms with Crippen LogP contribution in [0.15, 0.2) is 30.5 Å². The minimum Gasteiger partial charge on any atom is -0.508 e. The van der Waals surface area contributed by atoms with Gasteiger partial charge in [0.05, 0.1) is 12.0 Å². The molecule has 1 aliphatic rings.